The summed E-state index contributed by atoms with van der Waals surface area (Å²) < 4.78 is 0. The summed E-state index contributed by atoms with van der Waals surface area (Å²) in [6.45, 7) is 1.53. The summed E-state index contributed by atoms with van der Waals surface area (Å²) in [6.07, 6.45) is 3.21. The number of carbonyl (C=O) groups excluding carboxylic acids is 2. The molecule has 0 atom stereocenters. The SMILES string of the molecule is NC(=O)c1cc(N)cc(C(=O)N2CCCCC2)c1. The van der Waals surface area contributed by atoms with Crippen molar-refractivity contribution in [2.45, 2.75) is 19.3 Å². The molecule has 4 N–H and O–H groups in total. The van der Waals surface area contributed by atoms with Gasteiger partial charge in [-0.3, -0.25) is 9.59 Å². The zero-order valence-corrected chi connectivity index (χ0v) is 10.2. The molecule has 1 aliphatic heterocycles. The summed E-state index contributed by atoms with van der Waals surface area (Å²) >= 11 is 0. The van der Waals surface area contributed by atoms with E-state index in [4.69, 9.17) is 11.5 Å². The molecule has 0 bridgehead atoms. The summed E-state index contributed by atoms with van der Waals surface area (Å²) in [5.41, 5.74) is 12.0. The third-order valence-corrected chi connectivity index (χ3v) is 3.13. The first-order valence-corrected chi connectivity index (χ1v) is 6.07. The number of amides is 2. The summed E-state index contributed by atoms with van der Waals surface area (Å²) in [7, 11) is 0. The zero-order valence-electron chi connectivity index (χ0n) is 10.2. The van der Waals surface area contributed by atoms with Gasteiger partial charge in [-0.1, -0.05) is 0 Å². The van der Waals surface area contributed by atoms with Crippen LogP contribution in [0.1, 0.15) is 40.0 Å². The van der Waals surface area contributed by atoms with Gasteiger partial charge in [-0.2, -0.15) is 0 Å². The number of rotatable bonds is 2. The number of nitrogens with two attached hydrogens (primary N) is 2. The van der Waals surface area contributed by atoms with Gasteiger partial charge < -0.3 is 16.4 Å². The fourth-order valence-electron chi connectivity index (χ4n) is 2.20. The number of carbonyl (C=O) groups is 2. The third-order valence-electron chi connectivity index (χ3n) is 3.13. The van der Waals surface area contributed by atoms with Crippen molar-refractivity contribution in [3.8, 4) is 0 Å². The van der Waals surface area contributed by atoms with Gasteiger partial charge in [0.05, 0.1) is 0 Å². The molecule has 1 aliphatic rings. The van der Waals surface area contributed by atoms with Crippen LogP contribution in [0.5, 0.6) is 0 Å². The van der Waals surface area contributed by atoms with Crippen LogP contribution in [0.25, 0.3) is 0 Å². The Hall–Kier alpha value is -2.04. The Morgan fingerprint density at radius 3 is 2.22 bits per heavy atom. The first kappa shape index (κ1) is 12.4. The summed E-state index contributed by atoms with van der Waals surface area (Å²) in [4.78, 5) is 25.2. The highest BCUT2D eigenvalue weighted by Crippen LogP contribution is 2.17. The quantitative estimate of drug-likeness (QED) is 0.764. The van der Waals surface area contributed by atoms with Gasteiger partial charge >= 0.3 is 0 Å². The lowest BCUT2D eigenvalue weighted by molar-refractivity contribution is 0.0724. The Morgan fingerprint density at radius 2 is 1.61 bits per heavy atom. The van der Waals surface area contributed by atoms with Gasteiger partial charge in [-0.05, 0) is 37.5 Å². The van der Waals surface area contributed by atoms with Crippen molar-refractivity contribution >= 4 is 17.5 Å². The van der Waals surface area contributed by atoms with Crippen LogP contribution in [0.3, 0.4) is 0 Å². The molecule has 1 aromatic rings. The molecule has 1 aromatic carbocycles. The Labute approximate surface area is 106 Å². The van der Waals surface area contributed by atoms with Gasteiger partial charge in [-0.25, -0.2) is 0 Å². The number of primary amides is 1. The summed E-state index contributed by atoms with van der Waals surface area (Å²) in [5.74, 6) is -0.653. The molecule has 0 aliphatic carbocycles. The molecular formula is C13H17N3O2. The Morgan fingerprint density at radius 1 is 1.00 bits per heavy atom. The number of hydrogen-bond donors (Lipinski definition) is 2. The predicted octanol–water partition coefficient (Wildman–Crippen LogP) is 0.994. The van der Waals surface area contributed by atoms with Crippen LogP contribution in [0.15, 0.2) is 18.2 Å². The van der Waals surface area contributed by atoms with Gasteiger partial charge in [0, 0.05) is 29.9 Å². The third kappa shape index (κ3) is 2.61. The van der Waals surface area contributed by atoms with Crippen LogP contribution < -0.4 is 11.5 Å². The molecule has 18 heavy (non-hydrogen) atoms. The molecule has 2 amide bonds. The zero-order chi connectivity index (χ0) is 13.1. The molecule has 1 saturated heterocycles. The monoisotopic (exact) mass is 247 g/mol. The number of nitrogen functional groups attached to an aromatic ring is 1. The van der Waals surface area contributed by atoms with Crippen LogP contribution >= 0.6 is 0 Å². The molecule has 0 spiro atoms. The second-order valence-corrected chi connectivity index (χ2v) is 4.56. The van der Waals surface area contributed by atoms with Crippen LogP contribution in [0, 0.1) is 0 Å². The van der Waals surface area contributed by atoms with E-state index >= 15 is 0 Å². The van der Waals surface area contributed by atoms with Gasteiger partial charge in [-0.15, -0.1) is 0 Å². The van der Waals surface area contributed by atoms with Gasteiger partial charge in [0.1, 0.15) is 0 Å². The highest BCUT2D eigenvalue weighted by molar-refractivity contribution is 6.00. The van der Waals surface area contributed by atoms with E-state index < -0.39 is 5.91 Å². The number of piperidine rings is 1. The molecule has 0 saturated carbocycles. The Bertz CT molecular complexity index is 479. The maximum absolute atomic E-state index is 12.2. The maximum atomic E-state index is 12.2. The predicted molar refractivity (Wildman–Crippen MR) is 69.1 cm³/mol. The minimum absolute atomic E-state index is 0.0792. The van der Waals surface area contributed by atoms with Crippen molar-refractivity contribution in [2.75, 3.05) is 18.8 Å². The standard InChI is InChI=1S/C13H17N3O2/c14-11-7-9(12(15)17)6-10(8-11)13(18)16-4-2-1-3-5-16/h6-8H,1-5,14H2,(H2,15,17). The average Bonchev–Trinajstić information content (AvgIpc) is 2.38. The number of nitrogens with zero attached hydrogens (tertiary/aromatic N) is 1. The minimum atomic E-state index is -0.574. The fraction of sp³-hybridized carbons (Fsp3) is 0.385. The van der Waals surface area contributed by atoms with Crippen LogP contribution in [-0.2, 0) is 0 Å². The van der Waals surface area contributed by atoms with Gasteiger partial charge in [0.15, 0.2) is 0 Å². The summed E-state index contributed by atoms with van der Waals surface area (Å²) in [5, 5.41) is 0. The highest BCUT2D eigenvalue weighted by atomic mass is 16.2. The van der Waals surface area contributed by atoms with E-state index in [-0.39, 0.29) is 11.5 Å². The van der Waals surface area contributed by atoms with Crippen LogP contribution in [0.4, 0.5) is 5.69 Å². The second kappa shape index (κ2) is 5.08. The minimum Gasteiger partial charge on any atom is -0.399 e. The molecule has 0 aromatic heterocycles. The lowest BCUT2D eigenvalue weighted by Crippen LogP contribution is -2.35. The van der Waals surface area contributed by atoms with Crippen molar-refractivity contribution in [3.05, 3.63) is 29.3 Å². The van der Waals surface area contributed by atoms with E-state index in [1.54, 1.807) is 11.0 Å². The van der Waals surface area contributed by atoms with Crippen LogP contribution in [0.2, 0.25) is 0 Å². The van der Waals surface area contributed by atoms with Crippen molar-refractivity contribution in [1.29, 1.82) is 0 Å². The van der Waals surface area contributed by atoms with Crippen molar-refractivity contribution in [3.63, 3.8) is 0 Å². The molecule has 1 fully saturated rings. The lowest BCUT2D eigenvalue weighted by atomic mass is 10.1. The first-order valence-electron chi connectivity index (χ1n) is 6.07. The van der Waals surface area contributed by atoms with E-state index in [0.717, 1.165) is 32.4 Å². The maximum Gasteiger partial charge on any atom is 0.253 e. The molecule has 0 radical (unpaired) electrons. The second-order valence-electron chi connectivity index (χ2n) is 4.56. The molecule has 1 heterocycles. The van der Waals surface area contributed by atoms with E-state index in [1.165, 1.54) is 12.1 Å². The van der Waals surface area contributed by atoms with Gasteiger partial charge in [0.2, 0.25) is 5.91 Å². The van der Waals surface area contributed by atoms with Crippen molar-refractivity contribution in [1.82, 2.24) is 4.90 Å². The number of benzene rings is 1. The van der Waals surface area contributed by atoms with Crippen molar-refractivity contribution in [2.24, 2.45) is 5.73 Å². The van der Waals surface area contributed by atoms with E-state index in [1.807, 2.05) is 0 Å². The lowest BCUT2D eigenvalue weighted by Gasteiger charge is -2.26. The van der Waals surface area contributed by atoms with E-state index in [2.05, 4.69) is 0 Å². The largest absolute Gasteiger partial charge is 0.399 e. The van der Waals surface area contributed by atoms with Gasteiger partial charge in [0.25, 0.3) is 5.91 Å². The Balaban J connectivity index is 2.26. The van der Waals surface area contributed by atoms with Crippen molar-refractivity contribution < 1.29 is 9.59 Å². The Kier molecular flexibility index (Phi) is 3.50. The molecule has 5 heteroatoms. The molecule has 5 nitrogen and oxygen atoms in total. The molecular weight excluding hydrogens is 230 g/mol. The first-order chi connectivity index (χ1) is 8.58. The normalized spacial score (nSPS) is 15.4. The van der Waals surface area contributed by atoms with E-state index in [9.17, 15) is 9.59 Å². The number of likely N-dealkylation sites (tertiary alicyclic amines) is 1. The number of hydrogen-bond acceptors (Lipinski definition) is 3. The molecule has 2 rings (SSSR count). The average molecular weight is 247 g/mol. The summed E-state index contributed by atoms with van der Waals surface area (Å²) in [6, 6.07) is 4.58. The number of anilines is 1. The van der Waals surface area contributed by atoms with Crippen LogP contribution in [-0.4, -0.2) is 29.8 Å². The van der Waals surface area contributed by atoms with E-state index in [0.29, 0.717) is 11.3 Å². The fourth-order valence-corrected chi connectivity index (χ4v) is 2.20. The smallest absolute Gasteiger partial charge is 0.253 e. The highest BCUT2D eigenvalue weighted by Gasteiger charge is 2.19. The molecule has 96 valence electrons. The topological polar surface area (TPSA) is 89.4 Å². The molecule has 0 unspecified atom stereocenters.